The normalized spacial score (nSPS) is 32.1. The number of rotatable bonds is 3. The van der Waals surface area contributed by atoms with Gasteiger partial charge < -0.3 is 4.43 Å². The minimum Gasteiger partial charge on any atom is -0.411 e. The van der Waals surface area contributed by atoms with Crippen molar-refractivity contribution in [3.05, 3.63) is 0 Å². The number of hydrogen-bond acceptors (Lipinski definition) is 1. The Kier molecular flexibility index (Phi) is 4.86. The first kappa shape index (κ1) is 14.9. The summed E-state index contributed by atoms with van der Waals surface area (Å²) in [4.78, 5) is 0. The molecular weight excluding hydrogens is 334 g/mol. The fourth-order valence-corrected chi connectivity index (χ4v) is 3.92. The van der Waals surface area contributed by atoms with Gasteiger partial charge in [0.15, 0.2) is 8.32 Å². The molecule has 0 aromatic rings. The smallest absolute Gasteiger partial charge is 0.192 e. The van der Waals surface area contributed by atoms with Crippen LogP contribution in [-0.4, -0.2) is 25.0 Å². The zero-order valence-corrected chi connectivity index (χ0v) is 14.2. The van der Waals surface area contributed by atoms with Gasteiger partial charge in [-0.3, -0.25) is 0 Å². The van der Waals surface area contributed by atoms with E-state index in [-0.39, 0.29) is 11.1 Å². The molecule has 16 heavy (non-hydrogen) atoms. The molecule has 0 radical (unpaired) electrons. The molecule has 0 aromatic carbocycles. The summed E-state index contributed by atoms with van der Waals surface area (Å²) in [5.41, 5.74) is 0. The predicted molar refractivity (Wildman–Crippen MR) is 78.6 cm³/mol. The molecule has 0 unspecified atom stereocenters. The molecule has 1 nitrogen and oxygen atoms in total. The van der Waals surface area contributed by atoms with Gasteiger partial charge in [-0.25, -0.2) is 4.39 Å². The molecule has 3 atom stereocenters. The zero-order valence-electron chi connectivity index (χ0n) is 11.0. The van der Waals surface area contributed by atoms with E-state index in [9.17, 15) is 4.39 Å². The Balaban J connectivity index is 2.61. The highest BCUT2D eigenvalue weighted by atomic mass is 127. The molecule has 0 spiro atoms. The lowest BCUT2D eigenvalue weighted by Gasteiger charge is -2.38. The van der Waals surface area contributed by atoms with Crippen molar-refractivity contribution in [2.75, 3.05) is 4.43 Å². The van der Waals surface area contributed by atoms with Crippen LogP contribution in [0.15, 0.2) is 0 Å². The summed E-state index contributed by atoms with van der Waals surface area (Å²) in [5.74, 6) is 0.519. The monoisotopic (exact) mass is 358 g/mol. The van der Waals surface area contributed by atoms with Gasteiger partial charge in [-0.15, -0.1) is 0 Å². The van der Waals surface area contributed by atoms with E-state index in [1.165, 1.54) is 0 Å². The van der Waals surface area contributed by atoms with Gasteiger partial charge in [0.1, 0.15) is 6.17 Å². The topological polar surface area (TPSA) is 9.23 Å². The zero-order chi connectivity index (χ0) is 12.6. The average molecular weight is 358 g/mol. The van der Waals surface area contributed by atoms with Crippen molar-refractivity contribution in [2.24, 2.45) is 5.92 Å². The van der Waals surface area contributed by atoms with Gasteiger partial charge in [-0.1, -0.05) is 43.4 Å². The van der Waals surface area contributed by atoms with E-state index < -0.39 is 14.5 Å². The summed E-state index contributed by atoms with van der Waals surface area (Å²) >= 11 is 2.35. The van der Waals surface area contributed by atoms with Gasteiger partial charge in [0.2, 0.25) is 0 Å². The maximum atomic E-state index is 13.8. The van der Waals surface area contributed by atoms with E-state index in [4.69, 9.17) is 4.43 Å². The van der Waals surface area contributed by atoms with Crippen LogP contribution in [0.5, 0.6) is 0 Å². The van der Waals surface area contributed by atoms with Crippen LogP contribution < -0.4 is 0 Å². The molecule has 0 bridgehead atoms. The van der Waals surface area contributed by atoms with Crippen LogP contribution in [0.25, 0.3) is 0 Å². The van der Waals surface area contributed by atoms with Crippen molar-refractivity contribution in [3.63, 3.8) is 0 Å². The number of halogens is 2. The Labute approximate surface area is 114 Å². The van der Waals surface area contributed by atoms with E-state index in [1.807, 2.05) is 0 Å². The van der Waals surface area contributed by atoms with E-state index in [0.717, 1.165) is 10.8 Å². The molecule has 1 fully saturated rings. The lowest BCUT2D eigenvalue weighted by molar-refractivity contribution is 0.111. The molecule has 0 saturated heterocycles. The van der Waals surface area contributed by atoms with Gasteiger partial charge in [-0.05, 0) is 36.9 Å². The first-order valence-electron chi connectivity index (χ1n) is 6.05. The van der Waals surface area contributed by atoms with Crippen LogP contribution in [0.1, 0.15) is 33.6 Å². The van der Waals surface area contributed by atoms with Crippen molar-refractivity contribution in [1.82, 2.24) is 0 Å². The molecule has 0 aliphatic heterocycles. The quantitative estimate of drug-likeness (QED) is 0.408. The Morgan fingerprint density at radius 2 is 1.88 bits per heavy atom. The molecule has 96 valence electrons. The Bertz CT molecular complexity index is 240. The highest BCUT2D eigenvalue weighted by molar-refractivity contribution is 14.1. The third-order valence-electron chi connectivity index (χ3n) is 4.00. The molecule has 0 amide bonds. The number of hydrogen-bond donors (Lipinski definition) is 0. The summed E-state index contributed by atoms with van der Waals surface area (Å²) < 4.78 is 21.1. The molecule has 1 aliphatic carbocycles. The van der Waals surface area contributed by atoms with Crippen LogP contribution in [0.4, 0.5) is 4.39 Å². The van der Waals surface area contributed by atoms with Crippen molar-refractivity contribution in [3.8, 4) is 0 Å². The lowest BCUT2D eigenvalue weighted by atomic mass is 10.1. The molecule has 1 aliphatic rings. The molecule has 1 saturated carbocycles. The van der Waals surface area contributed by atoms with Gasteiger partial charge >= 0.3 is 0 Å². The largest absolute Gasteiger partial charge is 0.411 e. The van der Waals surface area contributed by atoms with E-state index >= 15 is 0 Å². The summed E-state index contributed by atoms with van der Waals surface area (Å²) in [5, 5.41) is 0.176. The average Bonchev–Trinajstić information content (AvgIpc) is 2.44. The van der Waals surface area contributed by atoms with Crippen LogP contribution in [0, 0.1) is 5.92 Å². The fraction of sp³-hybridized carbons (Fsp3) is 1.00. The second-order valence-electron chi connectivity index (χ2n) is 6.42. The van der Waals surface area contributed by atoms with E-state index in [0.29, 0.717) is 12.3 Å². The molecule has 4 heteroatoms. The summed E-state index contributed by atoms with van der Waals surface area (Å²) in [6, 6.07) is 0. The van der Waals surface area contributed by atoms with Gasteiger partial charge in [0.05, 0.1) is 6.10 Å². The standard InChI is InChI=1S/C12H24FIOSi/c1-12(2,3)16(4,5)15-11-7-9(8-14)6-10(11)13/h9-11H,6-8H2,1-5H3/t9-,10-,11-/m0/s1. The summed E-state index contributed by atoms with van der Waals surface area (Å²) in [7, 11) is -1.80. The van der Waals surface area contributed by atoms with Crippen molar-refractivity contribution < 1.29 is 8.82 Å². The predicted octanol–water partition coefficient (Wildman–Crippen LogP) is 4.56. The second kappa shape index (κ2) is 5.22. The van der Waals surface area contributed by atoms with Gasteiger partial charge in [-0.2, -0.15) is 0 Å². The molecule has 0 N–H and O–H groups in total. The minimum atomic E-state index is -1.80. The first-order valence-corrected chi connectivity index (χ1v) is 10.5. The summed E-state index contributed by atoms with van der Waals surface area (Å²) in [6.07, 6.45) is 0.730. The van der Waals surface area contributed by atoms with Crippen molar-refractivity contribution >= 4 is 30.9 Å². The maximum absolute atomic E-state index is 13.8. The molecular formula is C12H24FIOSi. The lowest BCUT2D eigenvalue weighted by Crippen LogP contribution is -2.45. The molecule has 1 rings (SSSR count). The first-order chi connectivity index (χ1) is 7.17. The van der Waals surface area contributed by atoms with Crippen LogP contribution in [0.2, 0.25) is 18.1 Å². The van der Waals surface area contributed by atoms with Gasteiger partial charge in [0, 0.05) is 4.43 Å². The van der Waals surface area contributed by atoms with Crippen molar-refractivity contribution in [1.29, 1.82) is 0 Å². The molecule has 0 aromatic heterocycles. The number of alkyl halides is 2. The minimum absolute atomic E-state index is 0.138. The van der Waals surface area contributed by atoms with E-state index in [1.54, 1.807) is 0 Å². The molecule has 0 heterocycles. The van der Waals surface area contributed by atoms with Crippen molar-refractivity contribution in [2.45, 2.75) is 64.0 Å². The highest BCUT2D eigenvalue weighted by Crippen LogP contribution is 2.41. The maximum Gasteiger partial charge on any atom is 0.192 e. The van der Waals surface area contributed by atoms with Crippen LogP contribution in [0.3, 0.4) is 0 Å². The summed E-state index contributed by atoms with van der Waals surface area (Å²) in [6.45, 7) is 11.0. The van der Waals surface area contributed by atoms with Gasteiger partial charge in [0.25, 0.3) is 0 Å². The fourth-order valence-electron chi connectivity index (χ4n) is 1.85. The SMILES string of the molecule is CC(C)(C)[Si](C)(C)O[C@H]1C[C@@H](CI)C[C@@H]1F. The third kappa shape index (κ3) is 3.42. The third-order valence-corrected chi connectivity index (χ3v) is 9.75. The second-order valence-corrected chi connectivity index (χ2v) is 12.1. The Morgan fingerprint density at radius 3 is 2.25 bits per heavy atom. The Hall–Kier alpha value is 0.837. The van der Waals surface area contributed by atoms with E-state index in [2.05, 4.69) is 56.5 Å². The Morgan fingerprint density at radius 1 is 1.31 bits per heavy atom. The van der Waals surface area contributed by atoms with Crippen LogP contribution in [-0.2, 0) is 4.43 Å². The van der Waals surface area contributed by atoms with Crippen LogP contribution >= 0.6 is 22.6 Å². The highest BCUT2D eigenvalue weighted by Gasteiger charge is 2.43.